The van der Waals surface area contributed by atoms with Gasteiger partial charge in [0, 0.05) is 0 Å². The molecule has 18 heteroatoms. The third kappa shape index (κ3) is 6.39. The van der Waals surface area contributed by atoms with Crippen LogP contribution in [-0.4, -0.2) is 73.6 Å². The third-order valence-electron chi connectivity index (χ3n) is 6.96. The number of aromatic amines is 1. The number of esters is 1. The number of fused-ring (bicyclic) bond motifs is 2. The maximum atomic E-state index is 15.7. The molecule has 2 aromatic carbocycles. The fourth-order valence-electron chi connectivity index (χ4n) is 4.76. The number of nitrogens with zero attached hydrogens (tertiary/aromatic N) is 3. The van der Waals surface area contributed by atoms with Crippen LogP contribution in [0.5, 0.6) is 5.75 Å². The largest absolute Gasteiger partial charge is 0.462 e. The molecule has 14 nitrogen and oxygen atoms in total. The summed E-state index contributed by atoms with van der Waals surface area (Å²) in [6.45, 7) is 3.03. The number of halogens is 3. The molecule has 5 N–H and O–H groups in total. The molecule has 1 saturated heterocycles. The van der Waals surface area contributed by atoms with Crippen LogP contribution in [0.2, 0.25) is 0 Å². The van der Waals surface area contributed by atoms with E-state index in [1.807, 2.05) is 6.07 Å². The average Bonchev–Trinajstić information content (AvgIpc) is 3.50. The van der Waals surface area contributed by atoms with E-state index < -0.39 is 68.6 Å². The number of hydrogen-bond acceptors (Lipinski definition) is 11. The molecule has 0 bridgehead atoms. The maximum absolute atomic E-state index is 15.7. The molecule has 0 amide bonds. The fraction of sp³-hybridized carbons (Fsp3) is 0.407. The molecule has 2 aromatic heterocycles. The molecule has 1 aliphatic heterocycles. The van der Waals surface area contributed by atoms with Gasteiger partial charge in [-0.15, -0.1) is 0 Å². The lowest BCUT2D eigenvalue weighted by Crippen LogP contribution is -2.51. The van der Waals surface area contributed by atoms with Crippen molar-refractivity contribution in [2.45, 2.75) is 63.4 Å². The summed E-state index contributed by atoms with van der Waals surface area (Å²) in [5.74, 6) is -1.24. The Balaban J connectivity index is 1.46. The summed E-state index contributed by atoms with van der Waals surface area (Å²) in [4.78, 5) is 34.6. The molecule has 1 aliphatic rings. The highest BCUT2D eigenvalue weighted by atomic mass is 31.2. The number of rotatable bonds is 11. The van der Waals surface area contributed by atoms with Gasteiger partial charge in [0.25, 0.3) is 12.0 Å². The number of ether oxygens (including phenoxy) is 2. The Morgan fingerprint density at radius 3 is 2.64 bits per heavy atom. The number of aliphatic hydroxyl groups is 1. The van der Waals surface area contributed by atoms with Gasteiger partial charge in [-0.05, 0) is 43.7 Å². The number of anilines is 1. The van der Waals surface area contributed by atoms with E-state index in [0.29, 0.717) is 5.39 Å². The van der Waals surface area contributed by atoms with Gasteiger partial charge in [-0.3, -0.25) is 23.7 Å². The van der Waals surface area contributed by atoms with Crippen LogP contribution in [-0.2, 0) is 23.4 Å². The van der Waals surface area contributed by atoms with Gasteiger partial charge >= 0.3 is 13.7 Å². The minimum atomic E-state index is -4.79. The van der Waals surface area contributed by atoms with E-state index in [9.17, 15) is 28.0 Å². The lowest BCUT2D eigenvalue weighted by Gasteiger charge is -2.31. The molecule has 5 rings (SSSR count). The van der Waals surface area contributed by atoms with Crippen LogP contribution in [0.3, 0.4) is 0 Å². The Bertz CT molecular complexity index is 1820. The molecule has 45 heavy (non-hydrogen) atoms. The highest BCUT2D eigenvalue weighted by Gasteiger charge is 2.63. The lowest BCUT2D eigenvalue weighted by atomic mass is 9.98. The summed E-state index contributed by atoms with van der Waals surface area (Å²) in [6, 6.07) is 10.4. The average molecular weight is 655 g/mol. The Labute approximate surface area is 253 Å². The van der Waals surface area contributed by atoms with Crippen molar-refractivity contribution >= 4 is 41.6 Å². The van der Waals surface area contributed by atoms with Crippen molar-refractivity contribution in [1.82, 2.24) is 24.6 Å². The predicted molar refractivity (Wildman–Crippen MR) is 154 cm³/mol. The van der Waals surface area contributed by atoms with Crippen LogP contribution >= 0.6 is 7.75 Å². The fourth-order valence-corrected chi connectivity index (χ4v) is 6.28. The zero-order valence-corrected chi connectivity index (χ0v) is 25.0. The molecule has 0 saturated carbocycles. The number of nitrogen functional groups attached to an aromatic ring is 1. The molecule has 0 aliphatic carbocycles. The van der Waals surface area contributed by atoms with E-state index >= 15 is 4.39 Å². The monoisotopic (exact) mass is 654 g/mol. The van der Waals surface area contributed by atoms with E-state index in [0.717, 1.165) is 16.3 Å². The number of carbonyl (C=O) groups excluding carboxylic acids is 1. The van der Waals surface area contributed by atoms with Gasteiger partial charge in [-0.1, -0.05) is 30.3 Å². The SMILES string of the molecule is CC(C)OC(=O)C(C)NP(=O)(OCC1(C(F)F)OC(n2cnc3c(=O)[nH]c(N)nc32)C(O)C1F)Oc1ccc2ccccc2c1. The first kappa shape index (κ1) is 32.4. The van der Waals surface area contributed by atoms with Crippen LogP contribution < -0.4 is 20.9 Å². The standard InChI is InChI=1S/C27H30F3N6O8P/c1-13(2)42-24(39)14(3)35-45(40,44-17-9-8-15-6-4-5-7-16(15)10-17)41-11-27(25(29)30)20(28)19(37)23(43-27)36-12-32-18-21(36)33-26(31)34-22(18)38/h4-10,12-14,19-20,23,25,37H,11H2,1-3H3,(H,35,40)(H3,31,33,34,38). The highest BCUT2D eigenvalue weighted by Crippen LogP contribution is 2.50. The quantitative estimate of drug-likeness (QED) is 0.137. The van der Waals surface area contributed by atoms with Crippen molar-refractivity contribution in [2.24, 2.45) is 0 Å². The summed E-state index contributed by atoms with van der Waals surface area (Å²) < 4.78 is 81.5. The number of imidazole rings is 1. The molecule has 0 radical (unpaired) electrons. The van der Waals surface area contributed by atoms with Crippen LogP contribution in [0.1, 0.15) is 27.0 Å². The molecule has 0 spiro atoms. The number of aromatic nitrogens is 4. The Hall–Kier alpha value is -4.02. The molecule has 242 valence electrons. The van der Waals surface area contributed by atoms with Gasteiger partial charge < -0.3 is 24.8 Å². The van der Waals surface area contributed by atoms with Crippen LogP contribution in [0, 0.1) is 0 Å². The van der Waals surface area contributed by atoms with E-state index in [-0.39, 0.29) is 22.9 Å². The van der Waals surface area contributed by atoms with Gasteiger partial charge in [-0.2, -0.15) is 10.1 Å². The first-order valence-electron chi connectivity index (χ1n) is 13.6. The molecular weight excluding hydrogens is 624 g/mol. The van der Waals surface area contributed by atoms with E-state index in [2.05, 4.69) is 20.0 Å². The van der Waals surface area contributed by atoms with Crippen molar-refractivity contribution in [3.05, 3.63) is 59.1 Å². The molecule has 6 unspecified atom stereocenters. The highest BCUT2D eigenvalue weighted by molar-refractivity contribution is 7.52. The number of benzene rings is 2. The molecule has 6 atom stereocenters. The molecule has 3 heterocycles. The van der Waals surface area contributed by atoms with E-state index in [1.165, 1.54) is 19.1 Å². The molecular formula is C27H30F3N6O8P. The van der Waals surface area contributed by atoms with Crippen molar-refractivity contribution in [2.75, 3.05) is 12.3 Å². The second-order valence-electron chi connectivity index (χ2n) is 10.6. The normalized spacial score (nSPS) is 23.9. The van der Waals surface area contributed by atoms with Crippen LogP contribution in [0.15, 0.2) is 53.6 Å². The van der Waals surface area contributed by atoms with Crippen molar-refractivity contribution in [3.63, 3.8) is 0 Å². The van der Waals surface area contributed by atoms with Crippen molar-refractivity contribution in [3.8, 4) is 5.75 Å². The zero-order chi connectivity index (χ0) is 32.7. The van der Waals surface area contributed by atoms with Gasteiger partial charge in [0.15, 0.2) is 29.2 Å². The van der Waals surface area contributed by atoms with E-state index in [4.69, 9.17) is 24.3 Å². The van der Waals surface area contributed by atoms with Gasteiger partial charge in [0.2, 0.25) is 5.95 Å². The smallest absolute Gasteiger partial charge is 0.459 e. The first-order valence-corrected chi connectivity index (χ1v) is 15.2. The second-order valence-corrected chi connectivity index (χ2v) is 12.3. The molecule has 1 fully saturated rings. The Morgan fingerprint density at radius 1 is 1.24 bits per heavy atom. The summed E-state index contributed by atoms with van der Waals surface area (Å²) in [6.07, 6.45) is -10.2. The number of nitrogens with one attached hydrogen (secondary N) is 2. The van der Waals surface area contributed by atoms with Gasteiger partial charge in [-0.25, -0.2) is 22.7 Å². The zero-order valence-electron chi connectivity index (χ0n) is 24.1. The lowest BCUT2D eigenvalue weighted by molar-refractivity contribution is -0.182. The summed E-state index contributed by atoms with van der Waals surface area (Å²) in [5.41, 5.74) is 1.05. The topological polar surface area (TPSA) is 193 Å². The van der Waals surface area contributed by atoms with E-state index in [1.54, 1.807) is 38.1 Å². The van der Waals surface area contributed by atoms with Gasteiger partial charge in [0.1, 0.15) is 17.9 Å². The number of hydrogen-bond donors (Lipinski definition) is 4. The predicted octanol–water partition coefficient (Wildman–Crippen LogP) is 3.22. The van der Waals surface area contributed by atoms with Crippen LogP contribution in [0.25, 0.3) is 21.9 Å². The Kier molecular flexibility index (Phi) is 8.92. The minimum absolute atomic E-state index is 0.0270. The number of alkyl halides is 3. The van der Waals surface area contributed by atoms with Gasteiger partial charge in [0.05, 0.1) is 19.0 Å². The molecule has 4 aromatic rings. The summed E-state index contributed by atoms with van der Waals surface area (Å²) in [7, 11) is -4.79. The number of H-pyrrole nitrogens is 1. The van der Waals surface area contributed by atoms with Crippen molar-refractivity contribution in [1.29, 1.82) is 0 Å². The first-order chi connectivity index (χ1) is 21.2. The minimum Gasteiger partial charge on any atom is -0.462 e. The van der Waals surface area contributed by atoms with Crippen molar-refractivity contribution < 1.29 is 46.2 Å². The number of nitrogens with two attached hydrogens (primary N) is 1. The number of aliphatic hydroxyl groups excluding tert-OH is 1. The Morgan fingerprint density at radius 2 is 1.96 bits per heavy atom. The number of carbonyl (C=O) groups is 1. The van der Waals surface area contributed by atoms with Crippen LogP contribution in [0.4, 0.5) is 19.1 Å². The maximum Gasteiger partial charge on any atom is 0.459 e. The summed E-state index contributed by atoms with van der Waals surface area (Å²) in [5, 5.41) is 14.6. The third-order valence-corrected chi connectivity index (χ3v) is 8.58. The second kappa shape index (κ2) is 12.4. The summed E-state index contributed by atoms with van der Waals surface area (Å²) >= 11 is 0.